The molecule has 0 aliphatic heterocycles. The van der Waals surface area contributed by atoms with Crippen LogP contribution in [0.4, 0.5) is 4.79 Å². The van der Waals surface area contributed by atoms with E-state index in [1.54, 1.807) is 20.8 Å². The van der Waals surface area contributed by atoms with E-state index in [1.165, 1.54) is 0 Å². The lowest BCUT2D eigenvalue weighted by Gasteiger charge is -2.23. The molecule has 2 atom stereocenters. The zero-order chi connectivity index (χ0) is 21.2. The van der Waals surface area contributed by atoms with Crippen LogP contribution in [0.15, 0.2) is 30.3 Å². The summed E-state index contributed by atoms with van der Waals surface area (Å²) >= 11 is 0. The van der Waals surface area contributed by atoms with Crippen LogP contribution in [0.1, 0.15) is 45.6 Å². The first-order valence-corrected chi connectivity index (χ1v) is 9.15. The molecule has 0 aliphatic carbocycles. The number of ether oxygens (including phenoxy) is 2. The lowest BCUT2D eigenvalue weighted by molar-refractivity contribution is -0.144. The predicted octanol–water partition coefficient (Wildman–Crippen LogP) is 3.05. The first-order chi connectivity index (χ1) is 13.1. The number of carboxylic acid groups (broad SMARTS) is 2. The quantitative estimate of drug-likeness (QED) is 0.492. The van der Waals surface area contributed by atoms with Crippen LogP contribution in [0.5, 0.6) is 0 Å². The number of aliphatic carboxylic acids is 2. The van der Waals surface area contributed by atoms with E-state index in [4.69, 9.17) is 9.47 Å². The van der Waals surface area contributed by atoms with Crippen molar-refractivity contribution < 1.29 is 34.1 Å². The maximum atomic E-state index is 11.8. The molecule has 0 saturated heterocycles. The normalized spacial score (nSPS) is 13.4. The Hall–Kier alpha value is -2.61. The first kappa shape index (κ1) is 23.4. The SMILES string of the molecule is CC(C)(C)OC(=O)N[C@@H](C[C@@H](CCCOCc1ccccc1)C(=O)O)C(=O)O. The van der Waals surface area contributed by atoms with Gasteiger partial charge < -0.3 is 25.0 Å². The van der Waals surface area contributed by atoms with Gasteiger partial charge in [0.05, 0.1) is 12.5 Å². The second-order valence-corrected chi connectivity index (χ2v) is 7.49. The number of benzene rings is 1. The molecular formula is C20H29NO7. The molecule has 0 heterocycles. The van der Waals surface area contributed by atoms with Gasteiger partial charge in [-0.2, -0.15) is 0 Å². The summed E-state index contributed by atoms with van der Waals surface area (Å²) in [6, 6.07) is 8.23. The van der Waals surface area contributed by atoms with Crippen molar-refractivity contribution in [1.29, 1.82) is 0 Å². The number of amides is 1. The third-order valence-electron chi connectivity index (χ3n) is 3.81. The van der Waals surface area contributed by atoms with Gasteiger partial charge in [-0.15, -0.1) is 0 Å². The van der Waals surface area contributed by atoms with Gasteiger partial charge in [0.15, 0.2) is 0 Å². The molecule has 0 aromatic heterocycles. The molecule has 8 nitrogen and oxygen atoms in total. The number of carbonyl (C=O) groups excluding carboxylic acids is 1. The van der Waals surface area contributed by atoms with Gasteiger partial charge >= 0.3 is 18.0 Å². The molecule has 156 valence electrons. The van der Waals surface area contributed by atoms with Crippen molar-refractivity contribution in [3.05, 3.63) is 35.9 Å². The topological polar surface area (TPSA) is 122 Å². The van der Waals surface area contributed by atoms with E-state index in [9.17, 15) is 24.6 Å². The fourth-order valence-electron chi connectivity index (χ4n) is 2.49. The standard InChI is InChI=1S/C20H29NO7/c1-20(2,3)28-19(26)21-16(18(24)25)12-15(17(22)23)10-7-11-27-13-14-8-5-4-6-9-14/h4-6,8-9,15-16H,7,10-13H2,1-3H3,(H,21,26)(H,22,23)(H,24,25)/t15-,16+/m1/s1. The summed E-state index contributed by atoms with van der Waals surface area (Å²) in [6.45, 7) is 5.74. The molecule has 0 unspecified atom stereocenters. The smallest absolute Gasteiger partial charge is 0.408 e. The zero-order valence-electron chi connectivity index (χ0n) is 16.5. The van der Waals surface area contributed by atoms with E-state index < -0.39 is 35.6 Å². The molecule has 3 N–H and O–H groups in total. The Labute approximate surface area is 164 Å². The lowest BCUT2D eigenvalue weighted by Crippen LogP contribution is -2.45. The summed E-state index contributed by atoms with van der Waals surface area (Å²) in [6.07, 6.45) is -0.426. The van der Waals surface area contributed by atoms with Crippen LogP contribution in [-0.2, 0) is 25.7 Å². The number of carboxylic acids is 2. The lowest BCUT2D eigenvalue weighted by atomic mass is 9.95. The molecule has 28 heavy (non-hydrogen) atoms. The summed E-state index contributed by atoms with van der Waals surface area (Å²) in [5.41, 5.74) is 0.236. The van der Waals surface area contributed by atoms with Gasteiger partial charge in [0, 0.05) is 6.61 Å². The molecule has 1 aromatic carbocycles. The number of hydrogen-bond acceptors (Lipinski definition) is 5. The average Bonchev–Trinajstić information content (AvgIpc) is 2.58. The number of alkyl carbamates (subject to hydrolysis) is 1. The minimum Gasteiger partial charge on any atom is -0.481 e. The van der Waals surface area contributed by atoms with Crippen molar-refractivity contribution in [2.45, 2.75) is 58.3 Å². The summed E-state index contributed by atoms with van der Waals surface area (Å²) in [7, 11) is 0. The van der Waals surface area contributed by atoms with E-state index >= 15 is 0 Å². The van der Waals surface area contributed by atoms with Gasteiger partial charge in [0.1, 0.15) is 11.6 Å². The molecule has 0 bridgehead atoms. The fraction of sp³-hybridized carbons (Fsp3) is 0.550. The Morgan fingerprint density at radius 2 is 1.71 bits per heavy atom. The maximum absolute atomic E-state index is 11.8. The van der Waals surface area contributed by atoms with E-state index in [2.05, 4.69) is 5.32 Å². The number of rotatable bonds is 11. The van der Waals surface area contributed by atoms with Gasteiger partial charge in [0.25, 0.3) is 0 Å². The highest BCUT2D eigenvalue weighted by molar-refractivity contribution is 5.81. The highest BCUT2D eigenvalue weighted by Gasteiger charge is 2.29. The molecule has 0 aliphatic rings. The molecule has 8 heteroatoms. The van der Waals surface area contributed by atoms with Crippen molar-refractivity contribution in [1.82, 2.24) is 5.32 Å². The fourth-order valence-corrected chi connectivity index (χ4v) is 2.49. The number of hydrogen-bond donors (Lipinski definition) is 3. The second-order valence-electron chi connectivity index (χ2n) is 7.49. The molecular weight excluding hydrogens is 366 g/mol. The summed E-state index contributed by atoms with van der Waals surface area (Å²) in [5.74, 6) is -3.34. The molecule has 0 fully saturated rings. The van der Waals surface area contributed by atoms with Gasteiger partial charge in [-0.3, -0.25) is 4.79 Å². The van der Waals surface area contributed by atoms with Crippen molar-refractivity contribution >= 4 is 18.0 Å². The molecule has 0 saturated carbocycles. The highest BCUT2D eigenvalue weighted by atomic mass is 16.6. The monoisotopic (exact) mass is 395 g/mol. The van der Waals surface area contributed by atoms with E-state index in [1.807, 2.05) is 30.3 Å². The second kappa shape index (κ2) is 11.3. The Kier molecular flexibility index (Phi) is 9.44. The molecule has 1 amide bonds. The van der Waals surface area contributed by atoms with Crippen LogP contribution in [0.2, 0.25) is 0 Å². The van der Waals surface area contributed by atoms with Gasteiger partial charge in [-0.25, -0.2) is 9.59 Å². The van der Waals surface area contributed by atoms with Crippen molar-refractivity contribution in [2.24, 2.45) is 5.92 Å². The van der Waals surface area contributed by atoms with Crippen LogP contribution in [0.25, 0.3) is 0 Å². The number of carbonyl (C=O) groups is 3. The molecule has 1 rings (SSSR count). The van der Waals surface area contributed by atoms with Gasteiger partial charge in [0.2, 0.25) is 0 Å². The summed E-state index contributed by atoms with van der Waals surface area (Å²) < 4.78 is 10.6. The van der Waals surface area contributed by atoms with Crippen LogP contribution < -0.4 is 5.32 Å². The van der Waals surface area contributed by atoms with Crippen molar-refractivity contribution in [3.8, 4) is 0 Å². The summed E-state index contributed by atoms with van der Waals surface area (Å²) in [4.78, 5) is 34.7. The third kappa shape index (κ3) is 9.91. The Morgan fingerprint density at radius 1 is 1.07 bits per heavy atom. The Bertz CT molecular complexity index is 640. The first-order valence-electron chi connectivity index (χ1n) is 9.15. The number of nitrogens with one attached hydrogen (secondary N) is 1. The zero-order valence-corrected chi connectivity index (χ0v) is 16.5. The van der Waals surface area contributed by atoms with Crippen molar-refractivity contribution in [2.75, 3.05) is 6.61 Å². The molecule has 0 spiro atoms. The predicted molar refractivity (Wildman–Crippen MR) is 102 cm³/mol. The third-order valence-corrected chi connectivity index (χ3v) is 3.81. The van der Waals surface area contributed by atoms with Crippen LogP contribution in [0.3, 0.4) is 0 Å². The largest absolute Gasteiger partial charge is 0.481 e. The Balaban J connectivity index is 2.47. The summed E-state index contributed by atoms with van der Waals surface area (Å²) in [5, 5.41) is 20.9. The van der Waals surface area contributed by atoms with Crippen LogP contribution >= 0.6 is 0 Å². The minimum absolute atomic E-state index is 0.234. The van der Waals surface area contributed by atoms with E-state index in [0.29, 0.717) is 19.6 Å². The molecule has 0 radical (unpaired) electrons. The maximum Gasteiger partial charge on any atom is 0.408 e. The van der Waals surface area contributed by atoms with E-state index in [0.717, 1.165) is 5.56 Å². The highest BCUT2D eigenvalue weighted by Crippen LogP contribution is 2.16. The van der Waals surface area contributed by atoms with Gasteiger partial charge in [-0.1, -0.05) is 30.3 Å². The average molecular weight is 395 g/mol. The minimum atomic E-state index is -1.35. The van der Waals surface area contributed by atoms with Gasteiger partial charge in [-0.05, 0) is 45.6 Å². The van der Waals surface area contributed by atoms with Crippen LogP contribution in [0, 0.1) is 5.92 Å². The van der Waals surface area contributed by atoms with Crippen LogP contribution in [-0.4, -0.2) is 46.5 Å². The Morgan fingerprint density at radius 3 is 2.25 bits per heavy atom. The van der Waals surface area contributed by atoms with Crippen molar-refractivity contribution in [3.63, 3.8) is 0 Å². The van der Waals surface area contributed by atoms with E-state index in [-0.39, 0.29) is 12.8 Å². The molecule has 1 aromatic rings.